The number of hydrazine groups is 1. The summed E-state index contributed by atoms with van der Waals surface area (Å²) in [5.74, 6) is 6.56. The van der Waals surface area contributed by atoms with Gasteiger partial charge in [-0.2, -0.15) is 0 Å². The van der Waals surface area contributed by atoms with Gasteiger partial charge in [0.1, 0.15) is 0 Å². The van der Waals surface area contributed by atoms with Gasteiger partial charge < -0.3 is 0 Å². The summed E-state index contributed by atoms with van der Waals surface area (Å²) >= 11 is 7.11. The van der Waals surface area contributed by atoms with Crippen LogP contribution in [0.5, 0.6) is 0 Å². The summed E-state index contributed by atoms with van der Waals surface area (Å²) in [6.45, 7) is 0. The number of hydrogen-bond donors (Lipinski definition) is 2. The standard InChI is InChI=1S/C14H20Br2N2/c15-11-6-7-12(13(16)9-11)14(18-17)8-10-4-2-1-3-5-10/h6-7,9-10,14,18H,1-5,8,17H2. The van der Waals surface area contributed by atoms with Crippen LogP contribution < -0.4 is 11.3 Å². The predicted molar refractivity (Wildman–Crippen MR) is 83.1 cm³/mol. The third-order valence-electron chi connectivity index (χ3n) is 3.83. The van der Waals surface area contributed by atoms with Crippen molar-refractivity contribution < 1.29 is 0 Å². The van der Waals surface area contributed by atoms with E-state index in [1.807, 2.05) is 0 Å². The van der Waals surface area contributed by atoms with E-state index < -0.39 is 0 Å². The molecule has 18 heavy (non-hydrogen) atoms. The summed E-state index contributed by atoms with van der Waals surface area (Å²) < 4.78 is 2.21. The van der Waals surface area contributed by atoms with Crippen molar-refractivity contribution in [3.8, 4) is 0 Å². The Bertz CT molecular complexity index is 389. The minimum Gasteiger partial charge on any atom is -0.271 e. The van der Waals surface area contributed by atoms with Crippen LogP contribution >= 0.6 is 31.9 Å². The Kier molecular flexibility index (Phi) is 5.67. The average molecular weight is 376 g/mol. The van der Waals surface area contributed by atoms with E-state index in [0.717, 1.165) is 21.3 Å². The summed E-state index contributed by atoms with van der Waals surface area (Å²) in [5, 5.41) is 0. The van der Waals surface area contributed by atoms with E-state index in [2.05, 4.69) is 55.5 Å². The molecule has 1 atom stereocenters. The summed E-state index contributed by atoms with van der Waals surface area (Å²) in [5.41, 5.74) is 4.24. The van der Waals surface area contributed by atoms with E-state index >= 15 is 0 Å². The van der Waals surface area contributed by atoms with Crippen molar-refractivity contribution in [2.75, 3.05) is 0 Å². The molecule has 3 N–H and O–H groups in total. The molecular formula is C14H20Br2N2. The molecule has 2 nitrogen and oxygen atoms in total. The van der Waals surface area contributed by atoms with Crippen molar-refractivity contribution in [3.05, 3.63) is 32.7 Å². The highest BCUT2D eigenvalue weighted by Gasteiger charge is 2.20. The molecule has 1 aromatic carbocycles. The average Bonchev–Trinajstić information content (AvgIpc) is 2.38. The number of halogens is 2. The summed E-state index contributed by atoms with van der Waals surface area (Å²) in [6, 6.07) is 6.54. The lowest BCUT2D eigenvalue weighted by Gasteiger charge is -2.27. The minimum atomic E-state index is 0.246. The Balaban J connectivity index is 2.07. The second-order valence-electron chi connectivity index (χ2n) is 5.12. The van der Waals surface area contributed by atoms with Crippen molar-refractivity contribution in [2.45, 2.75) is 44.6 Å². The van der Waals surface area contributed by atoms with Crippen LogP contribution in [0.15, 0.2) is 27.1 Å². The van der Waals surface area contributed by atoms with Crippen LogP contribution in [0.2, 0.25) is 0 Å². The number of nitrogens with two attached hydrogens (primary N) is 1. The molecular weight excluding hydrogens is 356 g/mol. The Morgan fingerprint density at radius 3 is 2.56 bits per heavy atom. The SMILES string of the molecule is NNC(CC1CCCCC1)c1ccc(Br)cc1Br. The van der Waals surface area contributed by atoms with Crippen molar-refractivity contribution >= 4 is 31.9 Å². The molecule has 0 amide bonds. The minimum absolute atomic E-state index is 0.246. The number of nitrogens with one attached hydrogen (secondary N) is 1. The largest absolute Gasteiger partial charge is 0.271 e. The maximum Gasteiger partial charge on any atom is 0.0473 e. The van der Waals surface area contributed by atoms with Crippen LogP contribution in [-0.4, -0.2) is 0 Å². The van der Waals surface area contributed by atoms with Crippen LogP contribution in [-0.2, 0) is 0 Å². The molecule has 0 saturated heterocycles. The molecule has 0 aromatic heterocycles. The van der Waals surface area contributed by atoms with E-state index in [1.165, 1.54) is 37.7 Å². The lowest BCUT2D eigenvalue weighted by Crippen LogP contribution is -2.30. The molecule has 0 heterocycles. The molecule has 0 aliphatic heterocycles. The van der Waals surface area contributed by atoms with E-state index in [0.29, 0.717) is 0 Å². The molecule has 1 aliphatic carbocycles. The van der Waals surface area contributed by atoms with Crippen molar-refractivity contribution in [1.29, 1.82) is 0 Å². The zero-order valence-electron chi connectivity index (χ0n) is 10.5. The molecule has 0 bridgehead atoms. The predicted octanol–water partition coefficient (Wildman–Crippen LogP) is 4.69. The highest BCUT2D eigenvalue weighted by Crippen LogP contribution is 2.34. The Labute approximate surface area is 126 Å². The molecule has 0 spiro atoms. The van der Waals surface area contributed by atoms with Gasteiger partial charge in [-0.25, -0.2) is 0 Å². The summed E-state index contributed by atoms with van der Waals surface area (Å²) in [7, 11) is 0. The first-order chi connectivity index (χ1) is 8.70. The van der Waals surface area contributed by atoms with Gasteiger partial charge in [-0.1, -0.05) is 70.0 Å². The van der Waals surface area contributed by atoms with Gasteiger partial charge in [0.2, 0.25) is 0 Å². The normalized spacial score (nSPS) is 18.8. The zero-order valence-corrected chi connectivity index (χ0v) is 13.6. The molecule has 1 aromatic rings. The van der Waals surface area contributed by atoms with E-state index in [4.69, 9.17) is 5.84 Å². The molecule has 2 rings (SSSR count). The van der Waals surface area contributed by atoms with E-state index in [1.54, 1.807) is 0 Å². The van der Waals surface area contributed by atoms with Crippen molar-refractivity contribution in [3.63, 3.8) is 0 Å². The molecule has 1 saturated carbocycles. The number of benzene rings is 1. The van der Waals surface area contributed by atoms with Crippen LogP contribution in [0.4, 0.5) is 0 Å². The highest BCUT2D eigenvalue weighted by atomic mass is 79.9. The van der Waals surface area contributed by atoms with Gasteiger partial charge in [0.05, 0.1) is 0 Å². The Morgan fingerprint density at radius 2 is 1.94 bits per heavy atom. The second-order valence-corrected chi connectivity index (χ2v) is 6.89. The van der Waals surface area contributed by atoms with Crippen molar-refractivity contribution in [2.24, 2.45) is 11.8 Å². The molecule has 0 radical (unpaired) electrons. The first-order valence-corrected chi connectivity index (χ1v) is 8.20. The monoisotopic (exact) mass is 374 g/mol. The number of hydrogen-bond acceptors (Lipinski definition) is 2. The van der Waals surface area contributed by atoms with Crippen LogP contribution in [0.1, 0.15) is 50.1 Å². The highest BCUT2D eigenvalue weighted by molar-refractivity contribution is 9.11. The Morgan fingerprint density at radius 1 is 1.22 bits per heavy atom. The lowest BCUT2D eigenvalue weighted by atomic mass is 9.83. The second kappa shape index (κ2) is 7.04. The third-order valence-corrected chi connectivity index (χ3v) is 5.01. The van der Waals surface area contributed by atoms with Crippen LogP contribution in [0.3, 0.4) is 0 Å². The van der Waals surface area contributed by atoms with Gasteiger partial charge in [0, 0.05) is 15.0 Å². The van der Waals surface area contributed by atoms with Crippen molar-refractivity contribution in [1.82, 2.24) is 5.43 Å². The molecule has 1 unspecified atom stereocenters. The fraction of sp³-hybridized carbons (Fsp3) is 0.571. The van der Waals surface area contributed by atoms with Gasteiger partial charge in [-0.3, -0.25) is 11.3 Å². The van der Waals surface area contributed by atoms with E-state index in [9.17, 15) is 0 Å². The van der Waals surface area contributed by atoms with Gasteiger partial charge in [0.15, 0.2) is 0 Å². The van der Waals surface area contributed by atoms with Gasteiger partial charge in [0.25, 0.3) is 0 Å². The molecule has 100 valence electrons. The topological polar surface area (TPSA) is 38.0 Å². The Hall–Kier alpha value is 0.1000. The maximum atomic E-state index is 5.75. The fourth-order valence-corrected chi connectivity index (χ4v) is 4.15. The van der Waals surface area contributed by atoms with Crippen LogP contribution in [0.25, 0.3) is 0 Å². The first-order valence-electron chi connectivity index (χ1n) is 6.62. The summed E-state index contributed by atoms with van der Waals surface area (Å²) in [6.07, 6.45) is 8.00. The lowest BCUT2D eigenvalue weighted by molar-refractivity contribution is 0.300. The van der Waals surface area contributed by atoms with Gasteiger partial charge in [-0.05, 0) is 30.0 Å². The first kappa shape index (κ1) is 14.5. The summed E-state index contributed by atoms with van der Waals surface area (Å²) in [4.78, 5) is 0. The molecule has 4 heteroatoms. The van der Waals surface area contributed by atoms with Crippen LogP contribution in [0, 0.1) is 5.92 Å². The fourth-order valence-electron chi connectivity index (χ4n) is 2.83. The quantitative estimate of drug-likeness (QED) is 0.591. The smallest absolute Gasteiger partial charge is 0.0473 e. The van der Waals surface area contributed by atoms with E-state index in [-0.39, 0.29) is 6.04 Å². The van der Waals surface area contributed by atoms with Gasteiger partial charge in [-0.15, -0.1) is 0 Å². The molecule has 1 fully saturated rings. The number of rotatable bonds is 4. The molecule has 1 aliphatic rings. The third kappa shape index (κ3) is 3.80. The zero-order chi connectivity index (χ0) is 13.0. The van der Waals surface area contributed by atoms with Gasteiger partial charge >= 0.3 is 0 Å². The maximum absolute atomic E-state index is 5.75.